The lowest BCUT2D eigenvalue weighted by Crippen LogP contribution is -2.09. The Bertz CT molecular complexity index is 23.2. The van der Waals surface area contributed by atoms with Crippen LogP contribution < -0.4 is 5.32 Å². The molecule has 0 aromatic heterocycles. The zero-order valence-electron chi connectivity index (χ0n) is 7.22. The van der Waals surface area contributed by atoms with Gasteiger partial charge in [0.15, 0.2) is 0 Å². The van der Waals surface area contributed by atoms with E-state index in [1.54, 1.807) is 0 Å². The van der Waals surface area contributed by atoms with E-state index in [-0.39, 0.29) is 12.4 Å². The largest absolute Gasteiger partial charge is 0.400 e. The molecule has 3 N–H and O–H groups in total. The molecule has 3 nitrogen and oxygen atoms in total. The second-order valence-electron chi connectivity index (χ2n) is 0.957. The van der Waals surface area contributed by atoms with Gasteiger partial charge in [-0.1, -0.05) is 13.8 Å². The molecule has 0 fully saturated rings. The highest BCUT2D eigenvalue weighted by molar-refractivity contribution is 5.85. The first-order valence-electron chi connectivity index (χ1n) is 3.02. The molecule has 0 atom stereocenters. The third-order valence-electron chi connectivity index (χ3n) is 0.500. The van der Waals surface area contributed by atoms with Gasteiger partial charge in [-0.15, -0.1) is 12.4 Å². The summed E-state index contributed by atoms with van der Waals surface area (Å²) in [6.45, 7) is 6.39. The molecule has 0 bridgehead atoms. The van der Waals surface area contributed by atoms with Crippen LogP contribution in [0.3, 0.4) is 0 Å². The van der Waals surface area contributed by atoms with Crippen LogP contribution in [0.2, 0.25) is 0 Å². The Morgan fingerprint density at radius 3 is 1.10 bits per heavy atom. The summed E-state index contributed by atoms with van der Waals surface area (Å²) in [5.74, 6) is 0. The van der Waals surface area contributed by atoms with Crippen LogP contribution in [0.1, 0.15) is 13.8 Å². The third-order valence-corrected chi connectivity index (χ3v) is 0.500. The Morgan fingerprint density at radius 2 is 1.10 bits per heavy atom. The van der Waals surface area contributed by atoms with E-state index in [0.29, 0.717) is 0 Å². The molecule has 0 amide bonds. The predicted molar refractivity (Wildman–Crippen MR) is 47.8 cm³/mol. The van der Waals surface area contributed by atoms with E-state index in [0.717, 1.165) is 27.3 Å². The van der Waals surface area contributed by atoms with E-state index in [1.165, 1.54) is 0 Å². The van der Waals surface area contributed by atoms with E-state index in [9.17, 15) is 0 Å². The van der Waals surface area contributed by atoms with E-state index in [1.807, 2.05) is 0 Å². The van der Waals surface area contributed by atoms with Crippen LogP contribution in [0.25, 0.3) is 0 Å². The summed E-state index contributed by atoms with van der Waals surface area (Å²) in [7, 11) is 2.00. The van der Waals surface area contributed by atoms with E-state index in [2.05, 4.69) is 19.2 Å². The van der Waals surface area contributed by atoms with Gasteiger partial charge in [-0.3, -0.25) is 0 Å². The van der Waals surface area contributed by atoms with Crippen molar-refractivity contribution in [2.45, 2.75) is 13.8 Å². The van der Waals surface area contributed by atoms with Crippen LogP contribution >= 0.6 is 12.4 Å². The fourth-order valence-electron chi connectivity index (χ4n) is 0.250. The van der Waals surface area contributed by atoms with Crippen molar-refractivity contribution in [3.8, 4) is 0 Å². The van der Waals surface area contributed by atoms with E-state index in [4.69, 9.17) is 10.2 Å². The van der Waals surface area contributed by atoms with Crippen LogP contribution in [0.4, 0.5) is 0 Å². The Balaban J connectivity index is -0.0000000315. The van der Waals surface area contributed by atoms with E-state index >= 15 is 0 Å². The Hall–Kier alpha value is 0.170. The van der Waals surface area contributed by atoms with Gasteiger partial charge in [0, 0.05) is 14.2 Å². The molecule has 0 aliphatic rings. The molecule has 0 aliphatic carbocycles. The molecule has 0 saturated carbocycles. The number of hydrogen-bond acceptors (Lipinski definition) is 3. The van der Waals surface area contributed by atoms with Crippen LogP contribution in [-0.2, 0) is 0 Å². The van der Waals surface area contributed by atoms with Crippen molar-refractivity contribution in [2.75, 3.05) is 27.3 Å². The van der Waals surface area contributed by atoms with Crippen LogP contribution in [0.5, 0.6) is 0 Å². The maximum atomic E-state index is 7.00. The lowest BCUT2D eigenvalue weighted by atomic mass is 10.7. The summed E-state index contributed by atoms with van der Waals surface area (Å²) in [6, 6.07) is 0. The Labute approximate surface area is 69.9 Å². The van der Waals surface area contributed by atoms with Crippen LogP contribution in [0.15, 0.2) is 0 Å². The average molecular weight is 174 g/mol. The van der Waals surface area contributed by atoms with Gasteiger partial charge in [0.25, 0.3) is 0 Å². The van der Waals surface area contributed by atoms with Crippen molar-refractivity contribution in [1.82, 2.24) is 5.32 Å². The molecule has 4 heteroatoms. The minimum atomic E-state index is 0. The van der Waals surface area contributed by atoms with Crippen molar-refractivity contribution < 1.29 is 10.2 Å². The standard InChI is InChI=1S/C4H11N.2CH4O.ClH/c1-3-5-4-2;2*1-2;/h5H,3-4H2,1-2H3;2*2H,1H3;1H. The number of halogens is 1. The Morgan fingerprint density at radius 1 is 0.900 bits per heavy atom. The second kappa shape index (κ2) is 60.9. The molecule has 0 aromatic carbocycles. The van der Waals surface area contributed by atoms with Gasteiger partial charge < -0.3 is 15.5 Å². The molecule has 68 valence electrons. The highest BCUT2D eigenvalue weighted by Gasteiger charge is 1.62. The highest BCUT2D eigenvalue weighted by Crippen LogP contribution is 1.47. The van der Waals surface area contributed by atoms with Crippen molar-refractivity contribution in [2.24, 2.45) is 0 Å². The average Bonchev–Trinajstić information content (AvgIpc) is 1.98. The maximum absolute atomic E-state index is 7.00. The van der Waals surface area contributed by atoms with Crippen molar-refractivity contribution >= 4 is 12.4 Å². The first-order valence-corrected chi connectivity index (χ1v) is 3.02. The maximum Gasteiger partial charge on any atom is 0.0319 e. The van der Waals surface area contributed by atoms with Crippen LogP contribution in [-0.4, -0.2) is 37.5 Å². The van der Waals surface area contributed by atoms with Crippen molar-refractivity contribution in [3.63, 3.8) is 0 Å². The monoisotopic (exact) mass is 173 g/mol. The lowest BCUT2D eigenvalue weighted by Gasteiger charge is -1.86. The number of aliphatic hydroxyl groups excluding tert-OH is 2. The first-order chi connectivity index (χ1) is 4.41. The van der Waals surface area contributed by atoms with Gasteiger partial charge in [-0.2, -0.15) is 0 Å². The molecule has 0 rings (SSSR count). The first kappa shape index (κ1) is 22.5. The SMILES string of the molecule is CCNCC.CO.CO.Cl. The predicted octanol–water partition coefficient (Wildman–Crippen LogP) is 0.255. The summed E-state index contributed by atoms with van der Waals surface area (Å²) in [6.07, 6.45) is 0. The molecular weight excluding hydrogens is 154 g/mol. The number of hydrogen-bond donors (Lipinski definition) is 3. The fourth-order valence-corrected chi connectivity index (χ4v) is 0.250. The molecule has 0 radical (unpaired) electrons. The van der Waals surface area contributed by atoms with E-state index < -0.39 is 0 Å². The van der Waals surface area contributed by atoms with Gasteiger partial charge in [0.05, 0.1) is 0 Å². The summed E-state index contributed by atoms with van der Waals surface area (Å²) in [4.78, 5) is 0. The molecular formula is C6H20ClNO2. The summed E-state index contributed by atoms with van der Waals surface area (Å²) in [5.41, 5.74) is 0. The molecule has 0 spiro atoms. The minimum absolute atomic E-state index is 0. The van der Waals surface area contributed by atoms with Crippen molar-refractivity contribution in [1.29, 1.82) is 0 Å². The van der Waals surface area contributed by atoms with Gasteiger partial charge in [0.1, 0.15) is 0 Å². The molecule has 0 aliphatic heterocycles. The number of aliphatic hydroxyl groups is 2. The lowest BCUT2D eigenvalue weighted by molar-refractivity contribution is 0.399. The number of nitrogens with one attached hydrogen (secondary N) is 1. The number of rotatable bonds is 2. The van der Waals surface area contributed by atoms with Crippen molar-refractivity contribution in [3.05, 3.63) is 0 Å². The summed E-state index contributed by atoms with van der Waals surface area (Å²) in [5, 5.41) is 17.1. The van der Waals surface area contributed by atoms with Gasteiger partial charge >= 0.3 is 0 Å². The molecule has 0 unspecified atom stereocenters. The molecule has 0 aromatic rings. The zero-order valence-corrected chi connectivity index (χ0v) is 8.03. The quantitative estimate of drug-likeness (QED) is 0.562. The van der Waals surface area contributed by atoms with Gasteiger partial charge in [-0.05, 0) is 13.1 Å². The minimum Gasteiger partial charge on any atom is -0.400 e. The zero-order chi connectivity index (χ0) is 8.12. The highest BCUT2D eigenvalue weighted by atomic mass is 35.5. The fraction of sp³-hybridized carbons (Fsp3) is 1.00. The summed E-state index contributed by atoms with van der Waals surface area (Å²) >= 11 is 0. The third kappa shape index (κ3) is 89.2. The van der Waals surface area contributed by atoms with Gasteiger partial charge in [0.2, 0.25) is 0 Å². The smallest absolute Gasteiger partial charge is 0.0319 e. The summed E-state index contributed by atoms with van der Waals surface area (Å²) < 4.78 is 0. The molecule has 10 heavy (non-hydrogen) atoms. The van der Waals surface area contributed by atoms with Crippen LogP contribution in [0, 0.1) is 0 Å². The molecule has 0 heterocycles. The normalized spacial score (nSPS) is 5.40. The molecule has 0 saturated heterocycles. The topological polar surface area (TPSA) is 52.5 Å². The Kier molecular flexibility index (Phi) is 137. The van der Waals surface area contributed by atoms with Gasteiger partial charge in [-0.25, -0.2) is 0 Å². The second-order valence-corrected chi connectivity index (χ2v) is 0.957.